The number of nitrogens with one attached hydrogen (secondary N) is 3. The topological polar surface area (TPSA) is 133 Å². The first-order valence-corrected chi connectivity index (χ1v) is 11.3. The van der Waals surface area contributed by atoms with E-state index in [9.17, 15) is 18.0 Å². The molecule has 1 aromatic heterocycles. The predicted molar refractivity (Wildman–Crippen MR) is 118 cm³/mol. The second kappa shape index (κ2) is 8.68. The van der Waals surface area contributed by atoms with Gasteiger partial charge in [0.15, 0.2) is 0 Å². The molecule has 1 amide bonds. The molecule has 10 heteroatoms. The van der Waals surface area contributed by atoms with Crippen LogP contribution in [0.25, 0.3) is 10.9 Å². The van der Waals surface area contributed by atoms with Gasteiger partial charge in [0.25, 0.3) is 15.6 Å². The average Bonchev–Trinajstić information content (AvgIpc) is 3.25. The maximum atomic E-state index is 12.5. The van der Waals surface area contributed by atoms with E-state index in [1.165, 1.54) is 12.1 Å². The summed E-state index contributed by atoms with van der Waals surface area (Å²) in [6.45, 7) is 0.616. The number of benzene rings is 2. The van der Waals surface area contributed by atoms with Gasteiger partial charge in [-0.15, -0.1) is 0 Å². The molecule has 2 aromatic carbocycles. The van der Waals surface area contributed by atoms with Crippen molar-refractivity contribution in [2.45, 2.75) is 30.6 Å². The fraction of sp³-hybridized carbons (Fsp3) is 0.238. The van der Waals surface area contributed by atoms with E-state index in [2.05, 4.69) is 25.0 Å². The molecule has 2 heterocycles. The molecule has 3 N–H and O–H groups in total. The summed E-state index contributed by atoms with van der Waals surface area (Å²) in [5.74, 6) is 0.543. The number of hydrogen-bond donors (Lipinski definition) is 3. The number of anilines is 1. The summed E-state index contributed by atoms with van der Waals surface area (Å²) in [5.41, 5.74) is 0.679. The number of rotatable bonds is 6. The Kier molecular flexibility index (Phi) is 5.81. The van der Waals surface area contributed by atoms with Crippen LogP contribution in [-0.4, -0.2) is 36.7 Å². The highest BCUT2D eigenvalue weighted by Crippen LogP contribution is 2.17. The molecule has 0 spiro atoms. The minimum absolute atomic E-state index is 0.0421. The Labute approximate surface area is 178 Å². The molecule has 9 nitrogen and oxygen atoms in total. The molecule has 0 unspecified atom stereocenters. The Bertz CT molecular complexity index is 1330. The van der Waals surface area contributed by atoms with Gasteiger partial charge < -0.3 is 10.3 Å². The molecule has 0 radical (unpaired) electrons. The fourth-order valence-corrected chi connectivity index (χ4v) is 4.42. The summed E-state index contributed by atoms with van der Waals surface area (Å²) in [7, 11) is -3.76. The van der Waals surface area contributed by atoms with Gasteiger partial charge in [-0.1, -0.05) is 18.2 Å². The molecule has 1 aliphatic rings. The first-order chi connectivity index (χ1) is 14.9. The number of carbonyl (C=O) groups excluding carboxylic acids is 1. The third-order valence-corrected chi connectivity index (χ3v) is 6.18. The Morgan fingerprint density at radius 3 is 2.77 bits per heavy atom. The lowest BCUT2D eigenvalue weighted by molar-refractivity contribution is -0.116. The van der Waals surface area contributed by atoms with Crippen LogP contribution in [-0.2, 0) is 21.2 Å². The van der Waals surface area contributed by atoms with Crippen molar-refractivity contribution in [3.05, 3.63) is 64.7 Å². The van der Waals surface area contributed by atoms with Crippen molar-refractivity contribution in [3.8, 4) is 0 Å². The molecule has 0 fully saturated rings. The number of sulfonamides is 1. The van der Waals surface area contributed by atoms with Gasteiger partial charge in [-0.2, -0.15) is 0 Å². The second-order valence-electron chi connectivity index (χ2n) is 7.14. The Hall–Kier alpha value is -3.53. The molecule has 1 aliphatic heterocycles. The number of amidine groups is 1. The van der Waals surface area contributed by atoms with E-state index >= 15 is 0 Å². The number of carbonyl (C=O) groups is 1. The number of aryl methyl sites for hydroxylation is 1. The highest BCUT2D eigenvalue weighted by molar-refractivity contribution is 7.90. The zero-order valence-electron chi connectivity index (χ0n) is 16.6. The number of H-pyrrole nitrogens is 1. The van der Waals surface area contributed by atoms with Crippen LogP contribution in [0.4, 0.5) is 5.69 Å². The summed E-state index contributed by atoms with van der Waals surface area (Å²) >= 11 is 0. The number of nitrogens with zero attached hydrogens (tertiary/aromatic N) is 2. The maximum absolute atomic E-state index is 12.5. The van der Waals surface area contributed by atoms with Crippen LogP contribution in [0.5, 0.6) is 0 Å². The van der Waals surface area contributed by atoms with Crippen molar-refractivity contribution < 1.29 is 13.2 Å². The first-order valence-electron chi connectivity index (χ1n) is 9.85. The van der Waals surface area contributed by atoms with Crippen LogP contribution >= 0.6 is 0 Å². The van der Waals surface area contributed by atoms with Crippen LogP contribution in [0.1, 0.15) is 25.1 Å². The molecule has 0 atom stereocenters. The highest BCUT2D eigenvalue weighted by atomic mass is 32.2. The molecular formula is C21H21N5O4S. The first kappa shape index (κ1) is 20.7. The number of aromatic nitrogens is 2. The van der Waals surface area contributed by atoms with Gasteiger partial charge in [-0.25, -0.2) is 13.4 Å². The summed E-state index contributed by atoms with van der Waals surface area (Å²) in [5, 5.41) is 3.18. The van der Waals surface area contributed by atoms with Crippen molar-refractivity contribution in [2.75, 3.05) is 11.9 Å². The lowest BCUT2D eigenvalue weighted by atomic mass is 10.2. The summed E-state index contributed by atoms with van der Waals surface area (Å²) in [4.78, 5) is 35.7. The number of amides is 1. The second-order valence-corrected chi connectivity index (χ2v) is 8.83. The standard InChI is InChI=1S/C21H21N5O4S/c27-20(11-10-19-24-17-8-2-1-7-16(17)21(28)25-19)23-14-5-3-6-15(13-14)31(29,30)26-18-9-4-12-22-18/h1-3,5-8,13H,4,9-12H2,(H,22,26)(H,23,27)(H,24,25,28). The van der Waals surface area contributed by atoms with E-state index in [1.54, 1.807) is 36.4 Å². The molecule has 4 rings (SSSR count). The van der Waals surface area contributed by atoms with Crippen molar-refractivity contribution in [1.82, 2.24) is 14.7 Å². The van der Waals surface area contributed by atoms with Gasteiger partial charge in [0, 0.05) is 31.5 Å². The minimum atomic E-state index is -3.76. The van der Waals surface area contributed by atoms with Gasteiger partial charge in [-0.05, 0) is 36.8 Å². The van der Waals surface area contributed by atoms with E-state index in [0.29, 0.717) is 41.2 Å². The fourth-order valence-electron chi connectivity index (χ4n) is 3.29. The van der Waals surface area contributed by atoms with E-state index < -0.39 is 10.0 Å². The van der Waals surface area contributed by atoms with Crippen molar-refractivity contribution in [1.29, 1.82) is 0 Å². The number of fused-ring (bicyclic) bond motifs is 1. The van der Waals surface area contributed by atoms with Crippen LogP contribution in [0.3, 0.4) is 0 Å². The molecule has 160 valence electrons. The van der Waals surface area contributed by atoms with Gasteiger partial charge in [0.05, 0.1) is 15.8 Å². The van der Waals surface area contributed by atoms with Gasteiger partial charge in [0.1, 0.15) is 11.7 Å². The summed E-state index contributed by atoms with van der Waals surface area (Å²) in [6, 6.07) is 13.0. The summed E-state index contributed by atoms with van der Waals surface area (Å²) < 4.78 is 27.5. The predicted octanol–water partition coefficient (Wildman–Crippen LogP) is 1.96. The average molecular weight is 439 g/mol. The Morgan fingerprint density at radius 1 is 1.13 bits per heavy atom. The van der Waals surface area contributed by atoms with Gasteiger partial charge in [-0.3, -0.25) is 19.3 Å². The number of aliphatic imine (C=N–C) groups is 1. The highest BCUT2D eigenvalue weighted by Gasteiger charge is 2.19. The van der Waals surface area contributed by atoms with Crippen molar-refractivity contribution >= 4 is 38.4 Å². The Morgan fingerprint density at radius 2 is 1.97 bits per heavy atom. The number of hydrogen-bond acceptors (Lipinski definition) is 6. The molecule has 0 aliphatic carbocycles. The van der Waals surface area contributed by atoms with E-state index in [0.717, 1.165) is 6.42 Å². The van der Waals surface area contributed by atoms with Gasteiger partial charge in [0.2, 0.25) is 5.91 Å². The quantitative estimate of drug-likeness (QED) is 0.540. The molecule has 3 aromatic rings. The van der Waals surface area contributed by atoms with E-state index in [4.69, 9.17) is 0 Å². The number of para-hydroxylation sites is 1. The van der Waals surface area contributed by atoms with Gasteiger partial charge >= 0.3 is 0 Å². The lowest BCUT2D eigenvalue weighted by Gasteiger charge is -2.10. The van der Waals surface area contributed by atoms with Crippen LogP contribution in [0, 0.1) is 0 Å². The SMILES string of the molecule is O=C(CCc1nc2ccccc2c(=O)[nH]1)Nc1cccc(S(=O)(=O)NC2=NCCC2)c1. The molecular weight excluding hydrogens is 418 g/mol. The van der Waals surface area contributed by atoms with Crippen LogP contribution < -0.4 is 15.6 Å². The molecule has 0 saturated carbocycles. The molecule has 0 saturated heterocycles. The van der Waals surface area contributed by atoms with E-state index in [-0.39, 0.29) is 29.2 Å². The largest absolute Gasteiger partial charge is 0.326 e. The minimum Gasteiger partial charge on any atom is -0.326 e. The third kappa shape index (κ3) is 4.97. The lowest BCUT2D eigenvalue weighted by Crippen LogP contribution is -2.29. The smallest absolute Gasteiger partial charge is 0.262 e. The normalized spacial score (nSPS) is 13.7. The monoisotopic (exact) mass is 439 g/mol. The summed E-state index contributed by atoms with van der Waals surface area (Å²) in [6.07, 6.45) is 1.74. The van der Waals surface area contributed by atoms with Crippen molar-refractivity contribution in [3.63, 3.8) is 0 Å². The zero-order chi connectivity index (χ0) is 21.8. The number of aromatic amines is 1. The zero-order valence-corrected chi connectivity index (χ0v) is 17.4. The van der Waals surface area contributed by atoms with Crippen LogP contribution in [0.15, 0.2) is 63.2 Å². The molecule has 0 bridgehead atoms. The third-order valence-electron chi connectivity index (χ3n) is 4.81. The Balaban J connectivity index is 1.41. The van der Waals surface area contributed by atoms with Crippen molar-refractivity contribution in [2.24, 2.45) is 4.99 Å². The molecule has 31 heavy (non-hydrogen) atoms. The van der Waals surface area contributed by atoms with E-state index in [1.807, 2.05) is 0 Å². The van der Waals surface area contributed by atoms with Crippen LogP contribution in [0.2, 0.25) is 0 Å². The maximum Gasteiger partial charge on any atom is 0.262 e.